The van der Waals surface area contributed by atoms with Crippen molar-refractivity contribution >= 4 is 11.4 Å². The zero-order chi connectivity index (χ0) is 24.7. The first kappa shape index (κ1) is 24.6. The molecule has 4 N–H and O–H groups in total. The highest BCUT2D eigenvalue weighted by Gasteiger charge is 2.28. The number of hydrogen-bond acceptors (Lipinski definition) is 9. The number of nitrogens with one attached hydrogen (secondary N) is 2. The van der Waals surface area contributed by atoms with Gasteiger partial charge in [-0.15, -0.1) is 0 Å². The Labute approximate surface area is 195 Å². The minimum atomic E-state index is -0.548. The molecule has 0 amide bonds. The number of phenols is 2. The number of hydrogen-bond donors (Lipinski definition) is 4. The summed E-state index contributed by atoms with van der Waals surface area (Å²) in [6.45, 7) is 3.17. The number of nitro groups is 2. The van der Waals surface area contributed by atoms with E-state index in [9.17, 15) is 30.4 Å². The molecular weight excluding hydrogens is 442 g/mol. The van der Waals surface area contributed by atoms with Crippen molar-refractivity contribution in [1.29, 1.82) is 0 Å². The van der Waals surface area contributed by atoms with Crippen molar-refractivity contribution in [3.63, 3.8) is 0 Å². The first-order valence-electron chi connectivity index (χ1n) is 10.4. The Morgan fingerprint density at radius 1 is 0.853 bits per heavy atom. The van der Waals surface area contributed by atoms with E-state index >= 15 is 0 Å². The highest BCUT2D eigenvalue weighted by atomic mass is 16.6. The van der Waals surface area contributed by atoms with Crippen molar-refractivity contribution in [2.24, 2.45) is 0 Å². The predicted molar refractivity (Wildman–Crippen MR) is 125 cm³/mol. The number of benzene rings is 2. The Morgan fingerprint density at radius 2 is 1.35 bits per heavy atom. The van der Waals surface area contributed by atoms with Gasteiger partial charge in [0.2, 0.25) is 0 Å². The lowest BCUT2D eigenvalue weighted by Crippen LogP contribution is -2.44. The van der Waals surface area contributed by atoms with Crippen LogP contribution in [-0.4, -0.2) is 38.1 Å². The van der Waals surface area contributed by atoms with Gasteiger partial charge >= 0.3 is 0 Å². The second kappa shape index (κ2) is 10.7. The molecule has 0 atom stereocenters. The van der Waals surface area contributed by atoms with E-state index in [0.717, 1.165) is 5.69 Å². The van der Waals surface area contributed by atoms with E-state index in [2.05, 4.69) is 15.6 Å². The van der Waals surface area contributed by atoms with Gasteiger partial charge in [0.25, 0.3) is 11.4 Å². The Morgan fingerprint density at radius 3 is 1.76 bits per heavy atom. The van der Waals surface area contributed by atoms with Gasteiger partial charge in [-0.05, 0) is 24.3 Å². The number of aromatic nitrogens is 1. The Balaban J connectivity index is 1.71. The highest BCUT2D eigenvalue weighted by Crippen LogP contribution is 2.26. The van der Waals surface area contributed by atoms with E-state index < -0.39 is 15.3 Å². The van der Waals surface area contributed by atoms with E-state index in [4.69, 9.17) is 0 Å². The molecule has 11 heteroatoms. The van der Waals surface area contributed by atoms with Crippen molar-refractivity contribution in [2.75, 3.05) is 13.1 Å². The first-order chi connectivity index (χ1) is 16.2. The van der Waals surface area contributed by atoms with Crippen LogP contribution in [0.2, 0.25) is 0 Å². The van der Waals surface area contributed by atoms with Crippen LogP contribution in [0.15, 0.2) is 60.8 Å². The molecule has 0 aliphatic rings. The summed E-state index contributed by atoms with van der Waals surface area (Å²) >= 11 is 0. The molecule has 3 rings (SSSR count). The van der Waals surface area contributed by atoms with Crippen molar-refractivity contribution in [3.8, 4) is 11.5 Å². The molecule has 0 unspecified atom stereocenters. The van der Waals surface area contributed by atoms with Gasteiger partial charge in [-0.2, -0.15) is 0 Å². The van der Waals surface area contributed by atoms with Gasteiger partial charge in [-0.1, -0.05) is 13.0 Å². The maximum Gasteiger partial charge on any atom is 0.270 e. The number of aromatic hydroxyl groups is 2. The summed E-state index contributed by atoms with van der Waals surface area (Å²) in [5.74, 6) is -0.0891. The number of phenolic OH excluding ortho intramolecular Hbond substituents is 2. The molecule has 0 spiro atoms. The summed E-state index contributed by atoms with van der Waals surface area (Å²) < 4.78 is 0. The third-order valence-electron chi connectivity index (χ3n) is 5.49. The van der Waals surface area contributed by atoms with Crippen LogP contribution in [0, 0.1) is 20.2 Å². The molecule has 0 saturated carbocycles. The lowest BCUT2D eigenvalue weighted by Gasteiger charge is -2.30. The van der Waals surface area contributed by atoms with Crippen LogP contribution in [0.1, 0.15) is 23.7 Å². The molecule has 0 aliphatic carbocycles. The minimum Gasteiger partial charge on any atom is -0.508 e. The van der Waals surface area contributed by atoms with Gasteiger partial charge in [0, 0.05) is 78.9 Å². The van der Waals surface area contributed by atoms with E-state index in [-0.39, 0.29) is 36.0 Å². The summed E-state index contributed by atoms with van der Waals surface area (Å²) in [5, 5.41) is 48.6. The van der Waals surface area contributed by atoms with Crippen LogP contribution in [0.25, 0.3) is 0 Å². The van der Waals surface area contributed by atoms with E-state index in [1.54, 1.807) is 12.3 Å². The SMILES string of the molecule is CC(CNCc1cc([N+](=O)[O-])ccc1O)(CNCc1cc([N+](=O)[O-])ccc1O)c1ccccn1. The Kier molecular flexibility index (Phi) is 7.71. The lowest BCUT2D eigenvalue weighted by molar-refractivity contribution is -0.385. The van der Waals surface area contributed by atoms with Gasteiger partial charge in [-0.3, -0.25) is 25.2 Å². The van der Waals surface area contributed by atoms with Crippen LogP contribution >= 0.6 is 0 Å². The van der Waals surface area contributed by atoms with Gasteiger partial charge in [0.1, 0.15) is 11.5 Å². The number of rotatable bonds is 11. The summed E-state index contributed by atoms with van der Waals surface area (Å²) in [5.41, 5.74) is 0.801. The first-order valence-corrected chi connectivity index (χ1v) is 10.4. The summed E-state index contributed by atoms with van der Waals surface area (Å²) in [6, 6.07) is 13.2. The van der Waals surface area contributed by atoms with Crippen molar-refractivity contribution in [3.05, 3.63) is 97.8 Å². The smallest absolute Gasteiger partial charge is 0.270 e. The maximum atomic E-state index is 11.0. The van der Waals surface area contributed by atoms with E-state index in [1.165, 1.54) is 36.4 Å². The fourth-order valence-electron chi connectivity index (χ4n) is 3.56. The zero-order valence-corrected chi connectivity index (χ0v) is 18.5. The van der Waals surface area contributed by atoms with Gasteiger partial charge in [0.05, 0.1) is 9.85 Å². The quantitative estimate of drug-likeness (QED) is 0.245. The lowest BCUT2D eigenvalue weighted by atomic mass is 9.85. The molecule has 0 aliphatic heterocycles. The highest BCUT2D eigenvalue weighted by molar-refractivity contribution is 5.43. The predicted octanol–water partition coefficient (Wildman–Crippen LogP) is 3.15. The summed E-state index contributed by atoms with van der Waals surface area (Å²) in [4.78, 5) is 25.5. The second-order valence-electron chi connectivity index (χ2n) is 8.12. The number of nitro benzene ring substituents is 2. The second-order valence-corrected chi connectivity index (χ2v) is 8.12. The van der Waals surface area contributed by atoms with E-state index in [0.29, 0.717) is 24.2 Å². The van der Waals surface area contributed by atoms with Gasteiger partial charge in [-0.25, -0.2) is 0 Å². The topological polar surface area (TPSA) is 164 Å². The normalized spacial score (nSPS) is 11.3. The molecule has 178 valence electrons. The Hall–Kier alpha value is -4.09. The zero-order valence-electron chi connectivity index (χ0n) is 18.5. The van der Waals surface area contributed by atoms with Gasteiger partial charge < -0.3 is 20.8 Å². The fourth-order valence-corrected chi connectivity index (χ4v) is 3.56. The molecule has 34 heavy (non-hydrogen) atoms. The van der Waals surface area contributed by atoms with Crippen LogP contribution < -0.4 is 10.6 Å². The third-order valence-corrected chi connectivity index (χ3v) is 5.49. The molecule has 1 aromatic heterocycles. The number of nitrogens with zero attached hydrogens (tertiary/aromatic N) is 3. The number of pyridine rings is 1. The number of non-ortho nitro benzene ring substituents is 2. The molecular formula is C23H25N5O6. The minimum absolute atomic E-state index is 0.0445. The van der Waals surface area contributed by atoms with Gasteiger partial charge in [0.15, 0.2) is 0 Å². The van der Waals surface area contributed by atoms with Crippen molar-refractivity contribution < 1.29 is 20.1 Å². The third kappa shape index (κ3) is 6.03. The van der Waals surface area contributed by atoms with Crippen molar-refractivity contribution in [2.45, 2.75) is 25.4 Å². The fraction of sp³-hybridized carbons (Fsp3) is 0.261. The van der Waals surface area contributed by atoms with Crippen LogP contribution in [-0.2, 0) is 18.5 Å². The molecule has 0 fully saturated rings. The molecule has 0 saturated heterocycles. The van der Waals surface area contributed by atoms with Crippen molar-refractivity contribution in [1.82, 2.24) is 15.6 Å². The molecule has 2 aromatic carbocycles. The standard InChI is InChI=1S/C23H25N5O6/c1-23(22-4-2-3-9-26-22,14-24-12-16-10-18(27(31)32)5-7-20(16)29)15-25-13-17-11-19(28(33)34)6-8-21(17)30/h2-11,24-25,29-30H,12-15H2,1H3. The maximum absolute atomic E-state index is 11.0. The average molecular weight is 467 g/mol. The van der Waals surface area contributed by atoms with Crippen LogP contribution in [0.4, 0.5) is 11.4 Å². The molecule has 3 aromatic rings. The monoisotopic (exact) mass is 467 g/mol. The van der Waals surface area contributed by atoms with Crippen LogP contribution in [0.3, 0.4) is 0 Å². The summed E-state index contributed by atoms with van der Waals surface area (Å²) in [6.07, 6.45) is 1.67. The molecule has 0 radical (unpaired) electrons. The Bertz CT molecular complexity index is 1100. The largest absolute Gasteiger partial charge is 0.508 e. The van der Waals surface area contributed by atoms with Crippen LogP contribution in [0.5, 0.6) is 11.5 Å². The molecule has 11 nitrogen and oxygen atoms in total. The molecule has 1 heterocycles. The average Bonchev–Trinajstić information content (AvgIpc) is 2.81. The molecule has 0 bridgehead atoms. The van der Waals surface area contributed by atoms with E-state index in [1.807, 2.05) is 19.1 Å². The summed E-state index contributed by atoms with van der Waals surface area (Å²) in [7, 11) is 0.